The van der Waals surface area contributed by atoms with E-state index in [4.69, 9.17) is 14.4 Å². The van der Waals surface area contributed by atoms with Crippen LogP contribution >= 0.6 is 0 Å². The molecule has 0 radical (unpaired) electrons. The molecule has 0 aliphatic carbocycles. The molecule has 6 aromatic rings. The van der Waals surface area contributed by atoms with Crippen LogP contribution < -0.4 is 0 Å². The molecule has 4 aromatic carbocycles. The second-order valence-corrected chi connectivity index (χ2v) is 15.4. The van der Waals surface area contributed by atoms with Crippen LogP contribution in [0.3, 0.4) is 0 Å². The number of rotatable bonds is 4. The Labute approximate surface area is 293 Å². The average Bonchev–Trinajstić information content (AvgIpc) is 3.44. The minimum absolute atomic E-state index is 0. The van der Waals surface area contributed by atoms with Crippen LogP contribution in [0.25, 0.3) is 56.1 Å². The number of hydrogen-bond acceptors (Lipinski definition) is 4. The van der Waals surface area contributed by atoms with Crippen LogP contribution in [0, 0.1) is 6.07 Å². The van der Waals surface area contributed by atoms with Gasteiger partial charge in [-0.25, -0.2) is 4.98 Å². The maximum absolute atomic E-state index is 10.6. The van der Waals surface area contributed by atoms with Crippen molar-refractivity contribution in [3.8, 4) is 50.7 Å². The molecule has 0 spiro atoms. The Morgan fingerprint density at radius 1 is 0.617 bits per heavy atom. The molecule has 47 heavy (non-hydrogen) atoms. The van der Waals surface area contributed by atoms with Gasteiger partial charge < -0.3 is 9.52 Å². The van der Waals surface area contributed by atoms with Crippen LogP contribution in [0.15, 0.2) is 95.5 Å². The van der Waals surface area contributed by atoms with Gasteiger partial charge in [-0.15, -0.1) is 23.8 Å². The van der Waals surface area contributed by atoms with Gasteiger partial charge in [0.15, 0.2) is 0 Å². The van der Waals surface area contributed by atoms with E-state index in [9.17, 15) is 5.11 Å². The summed E-state index contributed by atoms with van der Waals surface area (Å²) in [5.74, 6) is 0.514. The zero-order valence-electron chi connectivity index (χ0n) is 28.7. The summed E-state index contributed by atoms with van der Waals surface area (Å²) in [4.78, 5) is 9.69. The van der Waals surface area contributed by atoms with Crippen molar-refractivity contribution in [1.82, 2.24) is 9.97 Å². The molecule has 0 saturated heterocycles. The number of fused-ring (bicyclic) bond motifs is 1. The molecule has 4 nitrogen and oxygen atoms in total. The van der Waals surface area contributed by atoms with Gasteiger partial charge in [0.2, 0.25) is 5.89 Å². The molecule has 0 atom stereocenters. The third-order valence-electron chi connectivity index (χ3n) is 8.59. The smallest absolute Gasteiger partial charge is 0.230 e. The van der Waals surface area contributed by atoms with Crippen molar-refractivity contribution in [3.05, 3.63) is 114 Å². The average molecular weight is 803 g/mol. The topological polar surface area (TPSA) is 59.2 Å². The number of phenolic OH excluding ortho intramolecular Hbond substituents is 1. The molecule has 0 aliphatic rings. The molecule has 0 saturated carbocycles. The van der Waals surface area contributed by atoms with Crippen molar-refractivity contribution >= 4 is 11.1 Å². The summed E-state index contributed by atoms with van der Waals surface area (Å²) in [5, 5.41) is 10.6. The van der Waals surface area contributed by atoms with Crippen LogP contribution in [-0.4, -0.2) is 15.1 Å². The Hall–Kier alpha value is -4.01. The number of nitrogens with zero attached hydrogens (tertiary/aromatic N) is 2. The van der Waals surface area contributed by atoms with E-state index >= 15 is 0 Å². The van der Waals surface area contributed by atoms with E-state index in [0.29, 0.717) is 17.0 Å². The van der Waals surface area contributed by atoms with Gasteiger partial charge in [0.1, 0.15) is 11.3 Å². The first-order valence-electron chi connectivity index (χ1n) is 16.0. The fraction of sp³-hybridized carbons (Fsp3) is 0.286. The van der Waals surface area contributed by atoms with E-state index in [1.807, 2.05) is 36.5 Å². The normalized spacial score (nSPS) is 12.3. The van der Waals surface area contributed by atoms with E-state index in [2.05, 4.69) is 111 Å². The summed E-state index contributed by atoms with van der Waals surface area (Å²) in [6, 6.07) is 32.5. The largest absolute Gasteiger partial charge is 0.507 e. The summed E-state index contributed by atoms with van der Waals surface area (Å²) in [7, 11) is 0. The number of benzene rings is 4. The minimum atomic E-state index is -0.144. The summed E-state index contributed by atoms with van der Waals surface area (Å²) < 4.78 is 6.37. The first-order chi connectivity index (χ1) is 21.6. The van der Waals surface area contributed by atoms with Gasteiger partial charge in [-0.2, -0.15) is 0 Å². The first kappa shape index (κ1) is 34.3. The molecule has 244 valence electrons. The Morgan fingerprint density at radius 2 is 1.19 bits per heavy atom. The van der Waals surface area contributed by atoms with Crippen LogP contribution in [0.1, 0.15) is 79.0 Å². The molecular weight excluding hydrogens is 760 g/mol. The zero-order valence-corrected chi connectivity index (χ0v) is 31.0. The Kier molecular flexibility index (Phi) is 9.16. The summed E-state index contributed by atoms with van der Waals surface area (Å²) >= 11 is 0. The van der Waals surface area contributed by atoms with Gasteiger partial charge in [-0.3, -0.25) is 4.98 Å². The number of para-hydroxylation sites is 1. The molecule has 1 N–H and O–H groups in total. The molecule has 2 heterocycles. The van der Waals surface area contributed by atoms with E-state index in [0.717, 1.165) is 44.6 Å². The fourth-order valence-corrected chi connectivity index (χ4v) is 5.64. The number of oxazole rings is 1. The minimum Gasteiger partial charge on any atom is -0.507 e. The van der Waals surface area contributed by atoms with E-state index in [-0.39, 0.29) is 43.1 Å². The summed E-state index contributed by atoms with van der Waals surface area (Å²) in [6.45, 7) is 20.2. The predicted molar refractivity (Wildman–Crippen MR) is 190 cm³/mol. The molecule has 0 aliphatic heterocycles. The van der Waals surface area contributed by atoms with Gasteiger partial charge >= 0.3 is 0 Å². The molecule has 5 heteroatoms. The van der Waals surface area contributed by atoms with Crippen molar-refractivity contribution < 1.29 is 30.6 Å². The van der Waals surface area contributed by atoms with Crippen molar-refractivity contribution in [2.45, 2.75) is 78.6 Å². The number of pyridine rings is 1. The molecule has 0 bridgehead atoms. The molecule has 6 rings (SSSR count). The van der Waals surface area contributed by atoms with Gasteiger partial charge in [0.25, 0.3) is 0 Å². The Balaban J connectivity index is 0.00000433. The van der Waals surface area contributed by atoms with Crippen molar-refractivity contribution in [3.63, 3.8) is 0 Å². The number of aromatic hydroxyl groups is 1. The number of aromatic nitrogens is 2. The van der Waals surface area contributed by atoms with E-state index in [1.54, 1.807) is 12.1 Å². The molecule has 2 aromatic heterocycles. The van der Waals surface area contributed by atoms with Crippen molar-refractivity contribution in [1.29, 1.82) is 0 Å². The maximum Gasteiger partial charge on any atom is 0.230 e. The van der Waals surface area contributed by atoms with Crippen molar-refractivity contribution in [2.75, 3.05) is 0 Å². The zero-order chi connectivity index (χ0) is 33.0. The first-order valence-corrected chi connectivity index (χ1v) is 16.0. The second-order valence-electron chi connectivity index (χ2n) is 15.4. The summed E-state index contributed by atoms with van der Waals surface area (Å²) in [6.07, 6.45) is 1.82. The van der Waals surface area contributed by atoms with E-state index < -0.39 is 0 Å². The van der Waals surface area contributed by atoms with Gasteiger partial charge in [-0.1, -0.05) is 128 Å². The Bertz CT molecular complexity index is 2020. The van der Waals surface area contributed by atoms with Gasteiger partial charge in [-0.05, 0) is 62.8 Å². The van der Waals surface area contributed by atoms with Crippen LogP contribution in [0.4, 0.5) is 0 Å². The molecule has 0 unspecified atom stereocenters. The van der Waals surface area contributed by atoms with E-state index in [1.165, 1.54) is 11.1 Å². The molecule has 0 amide bonds. The van der Waals surface area contributed by atoms with Gasteiger partial charge in [0.05, 0.1) is 11.1 Å². The van der Waals surface area contributed by atoms with Crippen molar-refractivity contribution in [2.24, 2.45) is 0 Å². The summed E-state index contributed by atoms with van der Waals surface area (Å²) in [5.41, 5.74) is 11.3. The van der Waals surface area contributed by atoms with Crippen LogP contribution in [-0.2, 0) is 37.3 Å². The second kappa shape index (κ2) is 12.5. The molecule has 0 fully saturated rings. The SMILES string of the molecule is CC(C)(C)c1cc(-c2cc(-c3ccccn3)[c-]c(-c3cc(C(C)(C)C)cc4oc(-c5ccccc5O)nc34)c2)cc(C(C)(C)C)c1.[Pt]. The number of hydrogen-bond donors (Lipinski definition) is 1. The quantitative estimate of drug-likeness (QED) is 0.180. The monoisotopic (exact) mass is 802 g/mol. The maximum atomic E-state index is 10.6. The third-order valence-corrected chi connectivity index (χ3v) is 8.59. The molecular formula is C42H43N2O2Pt-. The standard InChI is InChI=1S/C42H43N2O2.Pt/c1-40(2,3)30-21-27(22-31(23-30)41(4,5)6)26-18-28(20-29(19-26)35-15-12-13-17-43-35)34-24-32(42(7,8)9)25-37-38(34)44-39(46-37)33-14-10-11-16-36(33)45;/h10-19,21-25,45H,1-9H3;/q-1;. The predicted octanol–water partition coefficient (Wildman–Crippen LogP) is 11.3. The van der Waals surface area contributed by atoms with Crippen LogP contribution in [0.5, 0.6) is 5.75 Å². The van der Waals surface area contributed by atoms with Crippen LogP contribution in [0.2, 0.25) is 0 Å². The fourth-order valence-electron chi connectivity index (χ4n) is 5.64. The third kappa shape index (κ3) is 7.14. The van der Waals surface area contributed by atoms with Gasteiger partial charge in [0, 0.05) is 33.0 Å². The Morgan fingerprint density at radius 3 is 1.79 bits per heavy atom. The number of phenols is 1.